The van der Waals surface area contributed by atoms with Gasteiger partial charge in [-0.3, -0.25) is 9.78 Å². The van der Waals surface area contributed by atoms with Crippen LogP contribution in [-0.4, -0.2) is 20.8 Å². The second kappa shape index (κ2) is 6.13. The van der Waals surface area contributed by atoms with Crippen LogP contribution in [0.25, 0.3) is 0 Å². The molecule has 0 saturated heterocycles. The van der Waals surface area contributed by atoms with Gasteiger partial charge in [0.05, 0.1) is 18.4 Å². The first-order chi connectivity index (χ1) is 9.15. The Hall–Kier alpha value is -2.17. The van der Waals surface area contributed by atoms with Gasteiger partial charge in [0.15, 0.2) is 0 Å². The molecule has 19 heavy (non-hydrogen) atoms. The molecule has 2 rings (SSSR count). The minimum atomic E-state index is -0.0958. The third-order valence-electron chi connectivity index (χ3n) is 2.63. The molecule has 0 fully saturated rings. The summed E-state index contributed by atoms with van der Waals surface area (Å²) in [6, 6.07) is 7.62. The first-order valence-corrected chi connectivity index (χ1v) is 6.39. The number of rotatable bonds is 5. The number of nitrogens with one attached hydrogen (secondary N) is 1. The van der Waals surface area contributed by atoms with Gasteiger partial charge in [0.2, 0.25) is 0 Å². The van der Waals surface area contributed by atoms with E-state index in [1.54, 1.807) is 18.5 Å². The maximum atomic E-state index is 11.9. The van der Waals surface area contributed by atoms with Crippen LogP contribution in [0.1, 0.15) is 19.5 Å². The molecule has 0 atom stereocenters. The summed E-state index contributed by atoms with van der Waals surface area (Å²) >= 11 is 0. The Morgan fingerprint density at radius 3 is 2.84 bits per heavy atom. The summed E-state index contributed by atoms with van der Waals surface area (Å²) in [6.45, 7) is 4.58. The Bertz CT molecular complexity index is 577. The molecular formula is C14H18N4O. The molecule has 2 aromatic rings. The average molecular weight is 258 g/mol. The zero-order valence-corrected chi connectivity index (χ0v) is 11.2. The van der Waals surface area contributed by atoms with E-state index in [0.29, 0.717) is 13.0 Å². The molecule has 100 valence electrons. The summed E-state index contributed by atoms with van der Waals surface area (Å²) in [5, 5.41) is 7.32. The van der Waals surface area contributed by atoms with E-state index in [9.17, 15) is 4.79 Å². The molecule has 0 aromatic carbocycles. The molecule has 2 heterocycles. The monoisotopic (exact) mass is 258 g/mol. The van der Waals surface area contributed by atoms with Crippen molar-refractivity contribution in [2.45, 2.75) is 32.9 Å². The molecule has 0 aliphatic heterocycles. The lowest BCUT2D eigenvalue weighted by atomic mass is 10.3. The molecule has 0 bridgehead atoms. The molecule has 5 nitrogen and oxygen atoms in total. The van der Waals surface area contributed by atoms with Gasteiger partial charge < -0.3 is 5.32 Å². The molecule has 0 unspecified atom stereocenters. The minimum Gasteiger partial charge on any atom is -0.381 e. The first kappa shape index (κ1) is 13.3. The van der Waals surface area contributed by atoms with Crippen LogP contribution in [-0.2, 0) is 13.0 Å². The van der Waals surface area contributed by atoms with E-state index in [2.05, 4.69) is 15.4 Å². The summed E-state index contributed by atoms with van der Waals surface area (Å²) in [5.41, 5.74) is 1.62. The normalized spacial score (nSPS) is 10.7. The van der Waals surface area contributed by atoms with Gasteiger partial charge in [0.25, 0.3) is 5.56 Å². The molecule has 0 radical (unpaired) electrons. The van der Waals surface area contributed by atoms with Gasteiger partial charge >= 0.3 is 0 Å². The zero-order valence-electron chi connectivity index (χ0n) is 11.2. The van der Waals surface area contributed by atoms with Crippen molar-refractivity contribution in [1.29, 1.82) is 0 Å². The van der Waals surface area contributed by atoms with Crippen LogP contribution in [0.4, 0.5) is 5.69 Å². The standard InChI is InChI=1S/C14H18N4O/c1-11(2)17-13-9-14(19)18(16-10-13)8-6-12-5-3-4-7-15-12/h3-5,7,9-11,17H,6,8H2,1-2H3. The summed E-state index contributed by atoms with van der Waals surface area (Å²) in [6.07, 6.45) is 4.13. The van der Waals surface area contributed by atoms with Gasteiger partial charge in [0, 0.05) is 30.4 Å². The smallest absolute Gasteiger partial charge is 0.268 e. The molecule has 0 saturated carbocycles. The van der Waals surface area contributed by atoms with E-state index in [-0.39, 0.29) is 11.6 Å². The average Bonchev–Trinajstić information content (AvgIpc) is 2.38. The van der Waals surface area contributed by atoms with Gasteiger partial charge in [-0.25, -0.2) is 4.68 Å². The first-order valence-electron chi connectivity index (χ1n) is 6.39. The number of aryl methyl sites for hydroxylation is 2. The van der Waals surface area contributed by atoms with E-state index in [0.717, 1.165) is 11.4 Å². The SMILES string of the molecule is CC(C)Nc1cnn(CCc2ccccn2)c(=O)c1. The summed E-state index contributed by atoms with van der Waals surface area (Å²) in [4.78, 5) is 16.1. The Morgan fingerprint density at radius 1 is 1.37 bits per heavy atom. The number of anilines is 1. The van der Waals surface area contributed by atoms with Crippen LogP contribution in [0.3, 0.4) is 0 Å². The highest BCUT2D eigenvalue weighted by Crippen LogP contribution is 2.02. The highest BCUT2D eigenvalue weighted by molar-refractivity contribution is 5.39. The largest absolute Gasteiger partial charge is 0.381 e. The fraction of sp³-hybridized carbons (Fsp3) is 0.357. The maximum absolute atomic E-state index is 11.9. The van der Waals surface area contributed by atoms with Gasteiger partial charge in [-0.15, -0.1) is 0 Å². The molecule has 0 amide bonds. The Morgan fingerprint density at radius 2 is 2.21 bits per heavy atom. The van der Waals surface area contributed by atoms with E-state index >= 15 is 0 Å². The number of pyridine rings is 1. The van der Waals surface area contributed by atoms with Gasteiger partial charge in [0.1, 0.15) is 0 Å². The molecule has 0 aliphatic rings. The number of hydrogen-bond donors (Lipinski definition) is 1. The Kier molecular flexibility index (Phi) is 4.28. The molecule has 2 aromatic heterocycles. The van der Waals surface area contributed by atoms with Crippen LogP contribution < -0.4 is 10.9 Å². The second-order valence-electron chi connectivity index (χ2n) is 4.68. The van der Waals surface area contributed by atoms with Gasteiger partial charge in [-0.1, -0.05) is 6.07 Å². The molecule has 1 N–H and O–H groups in total. The number of nitrogens with zero attached hydrogens (tertiary/aromatic N) is 3. The van der Waals surface area contributed by atoms with Crippen molar-refractivity contribution in [2.75, 3.05) is 5.32 Å². The second-order valence-corrected chi connectivity index (χ2v) is 4.68. The highest BCUT2D eigenvalue weighted by atomic mass is 16.1. The summed E-state index contributed by atoms with van der Waals surface area (Å²) in [5.74, 6) is 0. The third-order valence-corrected chi connectivity index (χ3v) is 2.63. The van der Waals surface area contributed by atoms with Crippen molar-refractivity contribution < 1.29 is 0 Å². The zero-order chi connectivity index (χ0) is 13.7. The molecule has 0 spiro atoms. The topological polar surface area (TPSA) is 59.8 Å². The van der Waals surface area contributed by atoms with Crippen LogP contribution >= 0.6 is 0 Å². The van der Waals surface area contributed by atoms with E-state index in [1.165, 1.54) is 4.68 Å². The predicted octanol–water partition coefficient (Wildman–Crippen LogP) is 1.70. The molecule has 5 heteroatoms. The molecular weight excluding hydrogens is 240 g/mol. The fourth-order valence-electron chi connectivity index (χ4n) is 1.78. The lowest BCUT2D eigenvalue weighted by Gasteiger charge is -2.10. The van der Waals surface area contributed by atoms with Crippen molar-refractivity contribution in [2.24, 2.45) is 0 Å². The van der Waals surface area contributed by atoms with Crippen LogP contribution in [0.15, 0.2) is 41.5 Å². The van der Waals surface area contributed by atoms with Crippen molar-refractivity contribution in [3.8, 4) is 0 Å². The van der Waals surface area contributed by atoms with Crippen LogP contribution in [0, 0.1) is 0 Å². The van der Waals surface area contributed by atoms with Crippen molar-refractivity contribution in [1.82, 2.24) is 14.8 Å². The third kappa shape index (κ3) is 3.91. The maximum Gasteiger partial charge on any atom is 0.268 e. The Balaban J connectivity index is 2.03. The quantitative estimate of drug-likeness (QED) is 0.886. The van der Waals surface area contributed by atoms with Crippen LogP contribution in [0.5, 0.6) is 0 Å². The highest BCUT2D eigenvalue weighted by Gasteiger charge is 2.02. The van der Waals surface area contributed by atoms with Crippen molar-refractivity contribution >= 4 is 5.69 Å². The lowest BCUT2D eigenvalue weighted by molar-refractivity contribution is 0.573. The van der Waals surface area contributed by atoms with E-state index in [1.807, 2.05) is 32.0 Å². The van der Waals surface area contributed by atoms with E-state index in [4.69, 9.17) is 0 Å². The van der Waals surface area contributed by atoms with Gasteiger partial charge in [-0.2, -0.15) is 5.10 Å². The van der Waals surface area contributed by atoms with E-state index < -0.39 is 0 Å². The fourth-order valence-corrected chi connectivity index (χ4v) is 1.78. The van der Waals surface area contributed by atoms with Crippen molar-refractivity contribution in [3.63, 3.8) is 0 Å². The van der Waals surface area contributed by atoms with Crippen LogP contribution in [0.2, 0.25) is 0 Å². The summed E-state index contributed by atoms with van der Waals surface area (Å²) in [7, 11) is 0. The lowest BCUT2D eigenvalue weighted by Crippen LogP contribution is -2.24. The predicted molar refractivity (Wildman–Crippen MR) is 75.2 cm³/mol. The van der Waals surface area contributed by atoms with Gasteiger partial charge in [-0.05, 0) is 26.0 Å². The minimum absolute atomic E-state index is 0.0958. The Labute approximate surface area is 112 Å². The number of aromatic nitrogens is 3. The summed E-state index contributed by atoms with van der Waals surface area (Å²) < 4.78 is 1.46. The molecule has 0 aliphatic carbocycles. The van der Waals surface area contributed by atoms with Crippen molar-refractivity contribution in [3.05, 3.63) is 52.7 Å². The number of hydrogen-bond acceptors (Lipinski definition) is 4.